The van der Waals surface area contributed by atoms with Gasteiger partial charge in [-0.15, -0.1) is 23.1 Å². The monoisotopic (exact) mass is 473 g/mol. The number of benzene rings is 2. The fourth-order valence-corrected chi connectivity index (χ4v) is 5.26. The molecule has 2 aromatic carbocycles. The van der Waals surface area contributed by atoms with E-state index in [1.807, 2.05) is 42.8 Å². The van der Waals surface area contributed by atoms with Crippen LogP contribution >= 0.6 is 23.1 Å². The molecule has 6 nitrogen and oxygen atoms in total. The zero-order chi connectivity index (χ0) is 22.4. The van der Waals surface area contributed by atoms with Gasteiger partial charge in [0.15, 0.2) is 0 Å². The number of carbonyl (C=O) groups is 1. The molecular weight excluding hydrogens is 450 g/mol. The molecule has 1 aromatic heterocycles. The summed E-state index contributed by atoms with van der Waals surface area (Å²) in [4.78, 5) is 14.6. The number of hydrogen-bond acceptors (Lipinski definition) is 6. The number of anilines is 1. The van der Waals surface area contributed by atoms with Gasteiger partial charge in [-0.2, -0.15) is 5.10 Å². The Morgan fingerprint density at radius 1 is 1.10 bits per heavy atom. The van der Waals surface area contributed by atoms with Gasteiger partial charge in [-0.3, -0.25) is 9.10 Å². The summed E-state index contributed by atoms with van der Waals surface area (Å²) in [5.74, 6) is -0.527. The van der Waals surface area contributed by atoms with E-state index >= 15 is 0 Å². The van der Waals surface area contributed by atoms with Crippen LogP contribution in [-0.4, -0.2) is 32.8 Å². The molecule has 162 valence electrons. The molecule has 31 heavy (non-hydrogen) atoms. The number of thioether (sulfide) groups is 1. The summed E-state index contributed by atoms with van der Waals surface area (Å²) in [7, 11) is -3.95. The Bertz CT molecular complexity index is 1150. The maximum Gasteiger partial charge on any atom is 0.264 e. The second-order valence-corrected chi connectivity index (χ2v) is 10.4. The molecule has 0 bridgehead atoms. The van der Waals surface area contributed by atoms with E-state index in [1.165, 1.54) is 23.1 Å². The smallest absolute Gasteiger partial charge is 0.264 e. The summed E-state index contributed by atoms with van der Waals surface area (Å²) in [6.07, 6.45) is 1.92. The zero-order valence-electron chi connectivity index (χ0n) is 17.4. The molecule has 0 saturated heterocycles. The van der Waals surface area contributed by atoms with Crippen LogP contribution in [0, 0.1) is 6.92 Å². The van der Waals surface area contributed by atoms with Gasteiger partial charge in [0.2, 0.25) is 0 Å². The van der Waals surface area contributed by atoms with Crippen LogP contribution in [0.3, 0.4) is 0 Å². The highest BCUT2D eigenvalue weighted by molar-refractivity contribution is 7.98. The van der Waals surface area contributed by atoms with Gasteiger partial charge in [0.05, 0.1) is 16.3 Å². The third kappa shape index (κ3) is 5.75. The quantitative estimate of drug-likeness (QED) is 0.297. The van der Waals surface area contributed by atoms with Crippen LogP contribution < -0.4 is 9.73 Å². The largest absolute Gasteiger partial charge is 0.271 e. The summed E-state index contributed by atoms with van der Waals surface area (Å²) in [5, 5.41) is 6.03. The molecule has 3 rings (SSSR count). The Morgan fingerprint density at radius 2 is 1.77 bits per heavy atom. The minimum absolute atomic E-state index is 0.122. The normalized spacial score (nSPS) is 11.9. The van der Waals surface area contributed by atoms with E-state index in [-0.39, 0.29) is 4.90 Å². The van der Waals surface area contributed by atoms with Crippen LogP contribution in [0.1, 0.15) is 17.4 Å². The number of hydrogen-bond donors (Lipinski definition) is 1. The van der Waals surface area contributed by atoms with E-state index in [0.717, 1.165) is 19.6 Å². The predicted octanol–water partition coefficient (Wildman–Crippen LogP) is 4.51. The van der Waals surface area contributed by atoms with E-state index in [4.69, 9.17) is 0 Å². The van der Waals surface area contributed by atoms with Crippen molar-refractivity contribution in [1.29, 1.82) is 0 Å². The molecule has 0 atom stereocenters. The average molecular weight is 474 g/mol. The van der Waals surface area contributed by atoms with Crippen molar-refractivity contribution in [3.63, 3.8) is 0 Å². The van der Waals surface area contributed by atoms with Crippen LogP contribution in [0.5, 0.6) is 0 Å². The maximum atomic E-state index is 13.4. The Hall–Kier alpha value is -2.62. The number of thiophene rings is 1. The van der Waals surface area contributed by atoms with Crippen molar-refractivity contribution in [1.82, 2.24) is 5.43 Å². The molecule has 1 amide bonds. The Morgan fingerprint density at radius 3 is 2.35 bits per heavy atom. The maximum absolute atomic E-state index is 13.4. The lowest BCUT2D eigenvalue weighted by molar-refractivity contribution is -0.119. The molecule has 0 fully saturated rings. The van der Waals surface area contributed by atoms with Crippen molar-refractivity contribution in [2.75, 3.05) is 17.1 Å². The Balaban J connectivity index is 1.88. The first-order valence-electron chi connectivity index (χ1n) is 9.42. The van der Waals surface area contributed by atoms with Crippen molar-refractivity contribution in [2.45, 2.75) is 23.6 Å². The van der Waals surface area contributed by atoms with Crippen molar-refractivity contribution >= 4 is 50.4 Å². The number of amides is 1. The number of nitrogens with zero attached hydrogens (tertiary/aromatic N) is 2. The van der Waals surface area contributed by atoms with E-state index in [9.17, 15) is 13.2 Å². The number of nitrogens with one attached hydrogen (secondary N) is 1. The highest BCUT2D eigenvalue weighted by atomic mass is 32.2. The highest BCUT2D eigenvalue weighted by Gasteiger charge is 2.27. The van der Waals surface area contributed by atoms with E-state index in [1.54, 1.807) is 43.3 Å². The van der Waals surface area contributed by atoms with Gasteiger partial charge < -0.3 is 0 Å². The lowest BCUT2D eigenvalue weighted by Crippen LogP contribution is -2.39. The summed E-state index contributed by atoms with van der Waals surface area (Å²) >= 11 is 3.04. The first-order chi connectivity index (χ1) is 14.8. The first-order valence-corrected chi connectivity index (χ1v) is 13.0. The SMILES string of the molecule is CSc1ccc(S(=O)(=O)N(CC(=O)N/N=C(/C)c2cccs2)c2ccc(C)cc2)cc1. The van der Waals surface area contributed by atoms with Crippen LogP contribution in [0.25, 0.3) is 0 Å². The van der Waals surface area contributed by atoms with Crippen LogP contribution in [0.4, 0.5) is 5.69 Å². The van der Waals surface area contributed by atoms with Gasteiger partial charge in [-0.25, -0.2) is 13.8 Å². The van der Waals surface area contributed by atoms with Gasteiger partial charge in [-0.05, 0) is 67.9 Å². The third-order valence-electron chi connectivity index (χ3n) is 4.48. The molecule has 0 aliphatic rings. The standard InChI is InChI=1S/C22H23N3O3S3/c1-16-6-8-18(9-7-16)25(31(27,28)20-12-10-19(29-3)11-13-20)15-22(26)24-23-17(2)21-5-4-14-30-21/h4-14H,15H2,1-3H3,(H,24,26)/b23-17-. The second kappa shape index (κ2) is 10.1. The number of rotatable bonds is 8. The Labute approximate surface area is 191 Å². The van der Waals surface area contributed by atoms with Gasteiger partial charge >= 0.3 is 0 Å². The number of carbonyl (C=O) groups excluding carboxylic acids is 1. The van der Waals surface area contributed by atoms with Gasteiger partial charge in [0.1, 0.15) is 6.54 Å². The fourth-order valence-electron chi connectivity index (χ4n) is 2.75. The lowest BCUT2D eigenvalue weighted by atomic mass is 10.2. The summed E-state index contributed by atoms with van der Waals surface area (Å²) in [6, 6.07) is 17.4. The van der Waals surface area contributed by atoms with Crippen molar-refractivity contribution < 1.29 is 13.2 Å². The lowest BCUT2D eigenvalue weighted by Gasteiger charge is -2.24. The number of hydrazone groups is 1. The van der Waals surface area contributed by atoms with E-state index in [0.29, 0.717) is 11.4 Å². The minimum atomic E-state index is -3.95. The molecule has 0 spiro atoms. The molecule has 0 aliphatic carbocycles. The minimum Gasteiger partial charge on any atom is -0.271 e. The summed E-state index contributed by atoms with van der Waals surface area (Å²) in [6.45, 7) is 3.31. The Kier molecular flexibility index (Phi) is 7.53. The first kappa shape index (κ1) is 23.1. The van der Waals surface area contributed by atoms with Crippen molar-refractivity contribution in [2.24, 2.45) is 5.10 Å². The molecular formula is C22H23N3O3S3. The molecule has 1 heterocycles. The molecule has 0 saturated carbocycles. The molecule has 1 N–H and O–H groups in total. The third-order valence-corrected chi connectivity index (χ3v) is 7.99. The van der Waals surface area contributed by atoms with Gasteiger partial charge in [0.25, 0.3) is 15.9 Å². The number of aryl methyl sites for hydroxylation is 1. The molecule has 0 radical (unpaired) electrons. The average Bonchev–Trinajstić information content (AvgIpc) is 3.31. The van der Waals surface area contributed by atoms with E-state index < -0.39 is 22.5 Å². The molecule has 9 heteroatoms. The van der Waals surface area contributed by atoms with Gasteiger partial charge in [0, 0.05) is 9.77 Å². The van der Waals surface area contributed by atoms with Gasteiger partial charge in [-0.1, -0.05) is 23.8 Å². The zero-order valence-corrected chi connectivity index (χ0v) is 19.9. The molecule has 0 aliphatic heterocycles. The van der Waals surface area contributed by atoms with E-state index in [2.05, 4.69) is 10.5 Å². The summed E-state index contributed by atoms with van der Waals surface area (Å²) < 4.78 is 27.9. The number of sulfonamides is 1. The topological polar surface area (TPSA) is 78.8 Å². The van der Waals surface area contributed by atoms with Crippen LogP contribution in [0.15, 0.2) is 80.9 Å². The second-order valence-electron chi connectivity index (χ2n) is 6.73. The highest BCUT2D eigenvalue weighted by Crippen LogP contribution is 2.25. The van der Waals surface area contributed by atoms with Crippen molar-refractivity contribution in [3.05, 3.63) is 76.5 Å². The fraction of sp³-hybridized carbons (Fsp3) is 0.182. The molecule has 3 aromatic rings. The molecule has 0 unspecified atom stereocenters. The summed E-state index contributed by atoms with van der Waals surface area (Å²) in [5.41, 5.74) is 4.53. The van der Waals surface area contributed by atoms with Crippen LogP contribution in [0.2, 0.25) is 0 Å². The predicted molar refractivity (Wildman–Crippen MR) is 129 cm³/mol. The van der Waals surface area contributed by atoms with Crippen LogP contribution in [-0.2, 0) is 14.8 Å². The van der Waals surface area contributed by atoms with Crippen molar-refractivity contribution in [3.8, 4) is 0 Å².